The molecule has 1 amide bonds. The normalized spacial score (nSPS) is 18.2. The van der Waals surface area contributed by atoms with E-state index in [1.165, 1.54) is 6.42 Å². The van der Waals surface area contributed by atoms with Crippen molar-refractivity contribution in [3.63, 3.8) is 0 Å². The lowest BCUT2D eigenvalue weighted by atomic mass is 10.0. The average molecular weight is 269 g/mol. The third-order valence-electron chi connectivity index (χ3n) is 3.31. The smallest absolute Gasteiger partial charge is 0.251 e. The Morgan fingerprint density at radius 1 is 1.44 bits per heavy atom. The van der Waals surface area contributed by atoms with Crippen LogP contribution in [0.15, 0.2) is 18.2 Å². The summed E-state index contributed by atoms with van der Waals surface area (Å²) in [4.78, 5) is 12.0. The first-order valence-corrected chi connectivity index (χ1v) is 6.25. The molecule has 0 saturated carbocycles. The van der Waals surface area contributed by atoms with Crippen molar-refractivity contribution in [2.75, 3.05) is 13.1 Å². The maximum atomic E-state index is 12.0. The SMILES string of the molecule is Cc1ccc(C)c(C(=O)NCC2CCCN2)c1.Cl. The summed E-state index contributed by atoms with van der Waals surface area (Å²) in [5.41, 5.74) is 2.95. The number of carbonyl (C=O) groups excluding carboxylic acids is 1. The zero-order valence-electron chi connectivity index (χ0n) is 11.0. The number of halogens is 1. The van der Waals surface area contributed by atoms with Crippen LogP contribution in [0.1, 0.15) is 34.3 Å². The molecule has 0 bridgehead atoms. The summed E-state index contributed by atoms with van der Waals surface area (Å²) in [6, 6.07) is 6.43. The predicted molar refractivity (Wildman–Crippen MR) is 76.5 cm³/mol. The van der Waals surface area contributed by atoms with Gasteiger partial charge in [-0.05, 0) is 44.9 Å². The van der Waals surface area contributed by atoms with Crippen LogP contribution < -0.4 is 10.6 Å². The zero-order chi connectivity index (χ0) is 12.3. The number of benzene rings is 1. The van der Waals surface area contributed by atoms with Crippen LogP contribution in [0.25, 0.3) is 0 Å². The minimum absolute atomic E-state index is 0. The van der Waals surface area contributed by atoms with Gasteiger partial charge in [0.1, 0.15) is 0 Å². The fraction of sp³-hybridized carbons (Fsp3) is 0.500. The molecule has 3 nitrogen and oxygen atoms in total. The minimum Gasteiger partial charge on any atom is -0.350 e. The molecular weight excluding hydrogens is 248 g/mol. The van der Waals surface area contributed by atoms with Gasteiger partial charge in [0.2, 0.25) is 0 Å². The number of amides is 1. The lowest BCUT2D eigenvalue weighted by Gasteiger charge is -2.12. The summed E-state index contributed by atoms with van der Waals surface area (Å²) in [6.07, 6.45) is 2.37. The van der Waals surface area contributed by atoms with Gasteiger partial charge in [-0.15, -0.1) is 12.4 Å². The summed E-state index contributed by atoms with van der Waals surface area (Å²) in [5, 5.41) is 6.38. The van der Waals surface area contributed by atoms with Crippen molar-refractivity contribution in [2.45, 2.75) is 32.7 Å². The Morgan fingerprint density at radius 2 is 2.22 bits per heavy atom. The van der Waals surface area contributed by atoms with E-state index in [1.807, 2.05) is 32.0 Å². The highest BCUT2D eigenvalue weighted by Crippen LogP contribution is 2.11. The zero-order valence-corrected chi connectivity index (χ0v) is 11.8. The van der Waals surface area contributed by atoms with Crippen molar-refractivity contribution in [2.24, 2.45) is 0 Å². The third kappa shape index (κ3) is 3.72. The molecule has 1 aromatic rings. The molecule has 1 atom stereocenters. The molecule has 1 fully saturated rings. The van der Waals surface area contributed by atoms with Crippen molar-refractivity contribution >= 4 is 18.3 Å². The van der Waals surface area contributed by atoms with E-state index in [1.54, 1.807) is 0 Å². The molecule has 100 valence electrons. The van der Waals surface area contributed by atoms with Crippen LogP contribution in [-0.4, -0.2) is 25.0 Å². The van der Waals surface area contributed by atoms with Gasteiger partial charge >= 0.3 is 0 Å². The fourth-order valence-electron chi connectivity index (χ4n) is 2.22. The molecule has 4 heteroatoms. The molecule has 1 aliphatic rings. The molecule has 1 unspecified atom stereocenters. The fourth-order valence-corrected chi connectivity index (χ4v) is 2.22. The predicted octanol–water partition coefficient (Wildman–Crippen LogP) is 2.21. The van der Waals surface area contributed by atoms with Crippen LogP contribution in [0.4, 0.5) is 0 Å². The molecule has 2 rings (SSSR count). The number of rotatable bonds is 3. The number of nitrogens with one attached hydrogen (secondary N) is 2. The van der Waals surface area contributed by atoms with Gasteiger partial charge in [0.15, 0.2) is 0 Å². The topological polar surface area (TPSA) is 41.1 Å². The highest BCUT2D eigenvalue weighted by molar-refractivity contribution is 5.95. The van der Waals surface area contributed by atoms with Gasteiger partial charge < -0.3 is 10.6 Å². The van der Waals surface area contributed by atoms with E-state index in [-0.39, 0.29) is 18.3 Å². The Balaban J connectivity index is 0.00000162. The summed E-state index contributed by atoms with van der Waals surface area (Å²) >= 11 is 0. The van der Waals surface area contributed by atoms with Crippen LogP contribution in [0.3, 0.4) is 0 Å². The van der Waals surface area contributed by atoms with Crippen LogP contribution in [0.5, 0.6) is 0 Å². The third-order valence-corrected chi connectivity index (χ3v) is 3.31. The number of hydrogen-bond acceptors (Lipinski definition) is 2. The Kier molecular flexibility index (Phi) is 5.63. The second kappa shape index (κ2) is 6.76. The Hall–Kier alpha value is -1.06. The van der Waals surface area contributed by atoms with Gasteiger partial charge in [0.05, 0.1) is 0 Å². The molecule has 18 heavy (non-hydrogen) atoms. The first-order valence-electron chi connectivity index (χ1n) is 6.25. The molecule has 0 radical (unpaired) electrons. The summed E-state index contributed by atoms with van der Waals surface area (Å²) in [5.74, 6) is 0.0416. The standard InChI is InChI=1S/C14H20N2O.ClH/c1-10-5-6-11(2)13(8-10)14(17)16-9-12-4-3-7-15-12;/h5-6,8,12,15H,3-4,7,9H2,1-2H3,(H,16,17);1H. The van der Waals surface area contributed by atoms with Crippen LogP contribution in [0, 0.1) is 13.8 Å². The largest absolute Gasteiger partial charge is 0.350 e. The minimum atomic E-state index is 0. The lowest BCUT2D eigenvalue weighted by molar-refractivity contribution is 0.0949. The number of carbonyl (C=O) groups is 1. The molecule has 0 aromatic heterocycles. The van der Waals surface area contributed by atoms with Crippen molar-refractivity contribution in [3.8, 4) is 0 Å². The van der Waals surface area contributed by atoms with E-state index >= 15 is 0 Å². The Bertz CT molecular complexity index is 414. The summed E-state index contributed by atoms with van der Waals surface area (Å²) in [6.45, 7) is 5.78. The molecule has 1 saturated heterocycles. The molecule has 1 heterocycles. The van der Waals surface area contributed by atoms with E-state index in [0.717, 1.165) is 36.2 Å². The summed E-state index contributed by atoms with van der Waals surface area (Å²) in [7, 11) is 0. The van der Waals surface area contributed by atoms with Gasteiger partial charge in [-0.25, -0.2) is 0 Å². The van der Waals surface area contributed by atoms with Crippen LogP contribution >= 0.6 is 12.4 Å². The maximum absolute atomic E-state index is 12.0. The second-order valence-electron chi connectivity index (χ2n) is 4.82. The first-order chi connectivity index (χ1) is 8.16. The monoisotopic (exact) mass is 268 g/mol. The molecule has 2 N–H and O–H groups in total. The molecule has 1 aromatic carbocycles. The molecule has 1 aliphatic heterocycles. The van der Waals surface area contributed by atoms with E-state index in [0.29, 0.717) is 6.04 Å². The van der Waals surface area contributed by atoms with Crippen molar-refractivity contribution in [3.05, 3.63) is 34.9 Å². The van der Waals surface area contributed by atoms with Crippen molar-refractivity contribution in [1.29, 1.82) is 0 Å². The highest BCUT2D eigenvalue weighted by atomic mass is 35.5. The van der Waals surface area contributed by atoms with Crippen molar-refractivity contribution < 1.29 is 4.79 Å². The molecular formula is C14H21ClN2O. The van der Waals surface area contributed by atoms with Gasteiger partial charge in [-0.1, -0.05) is 17.7 Å². The van der Waals surface area contributed by atoms with E-state index in [9.17, 15) is 4.79 Å². The second-order valence-corrected chi connectivity index (χ2v) is 4.82. The van der Waals surface area contributed by atoms with Gasteiger partial charge in [-0.2, -0.15) is 0 Å². The van der Waals surface area contributed by atoms with Crippen LogP contribution in [-0.2, 0) is 0 Å². The van der Waals surface area contributed by atoms with Gasteiger partial charge in [-0.3, -0.25) is 4.79 Å². The highest BCUT2D eigenvalue weighted by Gasteiger charge is 2.15. The lowest BCUT2D eigenvalue weighted by Crippen LogP contribution is -2.37. The molecule has 0 spiro atoms. The number of aryl methyl sites for hydroxylation is 2. The van der Waals surface area contributed by atoms with E-state index in [2.05, 4.69) is 10.6 Å². The van der Waals surface area contributed by atoms with E-state index in [4.69, 9.17) is 0 Å². The van der Waals surface area contributed by atoms with Gasteiger partial charge in [0.25, 0.3) is 5.91 Å². The quantitative estimate of drug-likeness (QED) is 0.883. The summed E-state index contributed by atoms with van der Waals surface area (Å²) < 4.78 is 0. The first kappa shape index (κ1) is 15.0. The van der Waals surface area contributed by atoms with E-state index < -0.39 is 0 Å². The number of hydrogen-bond donors (Lipinski definition) is 2. The van der Waals surface area contributed by atoms with Gasteiger partial charge in [0, 0.05) is 18.2 Å². The Morgan fingerprint density at radius 3 is 2.89 bits per heavy atom. The van der Waals surface area contributed by atoms with Crippen molar-refractivity contribution in [1.82, 2.24) is 10.6 Å². The Labute approximate surface area is 115 Å². The van der Waals surface area contributed by atoms with Crippen LogP contribution in [0.2, 0.25) is 0 Å². The maximum Gasteiger partial charge on any atom is 0.251 e. The average Bonchev–Trinajstić information content (AvgIpc) is 2.82. The molecule has 0 aliphatic carbocycles.